The SMILES string of the molecule is CN1C[C@H](N2CCCC2)Cc2ccccc21. The lowest BCUT2D eigenvalue weighted by atomic mass is 9.97. The summed E-state index contributed by atoms with van der Waals surface area (Å²) in [6, 6.07) is 9.58. The second-order valence-corrected chi connectivity index (χ2v) is 5.11. The summed E-state index contributed by atoms with van der Waals surface area (Å²) in [5, 5.41) is 0. The number of benzene rings is 1. The lowest BCUT2D eigenvalue weighted by Gasteiger charge is -2.38. The van der Waals surface area contributed by atoms with Crippen molar-refractivity contribution in [2.45, 2.75) is 25.3 Å². The van der Waals surface area contributed by atoms with Gasteiger partial charge in [-0.15, -0.1) is 0 Å². The topological polar surface area (TPSA) is 6.48 Å². The van der Waals surface area contributed by atoms with Gasteiger partial charge in [0.2, 0.25) is 0 Å². The summed E-state index contributed by atoms with van der Waals surface area (Å²) < 4.78 is 0. The normalized spacial score (nSPS) is 25.8. The van der Waals surface area contributed by atoms with Crippen molar-refractivity contribution < 1.29 is 0 Å². The van der Waals surface area contributed by atoms with Crippen LogP contribution in [0.1, 0.15) is 18.4 Å². The van der Waals surface area contributed by atoms with Crippen molar-refractivity contribution >= 4 is 5.69 Å². The van der Waals surface area contributed by atoms with Crippen LogP contribution in [0.15, 0.2) is 24.3 Å². The van der Waals surface area contributed by atoms with E-state index in [1.165, 1.54) is 50.1 Å². The van der Waals surface area contributed by atoms with E-state index in [1.54, 1.807) is 0 Å². The van der Waals surface area contributed by atoms with Crippen molar-refractivity contribution in [3.63, 3.8) is 0 Å². The van der Waals surface area contributed by atoms with Crippen molar-refractivity contribution in [1.29, 1.82) is 0 Å². The molecule has 0 aliphatic carbocycles. The molecule has 16 heavy (non-hydrogen) atoms. The number of para-hydroxylation sites is 1. The minimum absolute atomic E-state index is 0.738. The number of anilines is 1. The molecule has 1 aromatic rings. The maximum atomic E-state index is 2.67. The van der Waals surface area contributed by atoms with Crippen LogP contribution < -0.4 is 4.90 Å². The van der Waals surface area contributed by atoms with Crippen LogP contribution in [0.3, 0.4) is 0 Å². The molecular formula is C14H20N2. The maximum absolute atomic E-state index is 2.67. The number of nitrogens with zero attached hydrogens (tertiary/aromatic N) is 2. The highest BCUT2D eigenvalue weighted by molar-refractivity contribution is 5.55. The highest BCUT2D eigenvalue weighted by atomic mass is 15.2. The Bertz CT molecular complexity index is 369. The molecular weight excluding hydrogens is 196 g/mol. The Hall–Kier alpha value is -1.02. The minimum atomic E-state index is 0.738. The van der Waals surface area contributed by atoms with Gasteiger partial charge < -0.3 is 4.90 Å². The Morgan fingerprint density at radius 2 is 1.88 bits per heavy atom. The van der Waals surface area contributed by atoms with Gasteiger partial charge in [0.25, 0.3) is 0 Å². The predicted molar refractivity (Wildman–Crippen MR) is 68.0 cm³/mol. The summed E-state index contributed by atoms with van der Waals surface area (Å²) in [6.07, 6.45) is 4.02. The Kier molecular flexibility index (Phi) is 2.60. The highest BCUT2D eigenvalue weighted by Gasteiger charge is 2.28. The maximum Gasteiger partial charge on any atom is 0.0397 e. The monoisotopic (exact) mass is 216 g/mol. The molecule has 0 radical (unpaired) electrons. The van der Waals surface area contributed by atoms with Gasteiger partial charge in [-0.1, -0.05) is 18.2 Å². The second-order valence-electron chi connectivity index (χ2n) is 5.11. The second kappa shape index (κ2) is 4.10. The number of rotatable bonds is 1. The van der Waals surface area contributed by atoms with E-state index in [-0.39, 0.29) is 0 Å². The number of likely N-dealkylation sites (tertiary alicyclic amines) is 1. The van der Waals surface area contributed by atoms with Gasteiger partial charge >= 0.3 is 0 Å². The molecule has 0 unspecified atom stereocenters. The zero-order valence-electron chi connectivity index (χ0n) is 10.0. The predicted octanol–water partition coefficient (Wildman–Crippen LogP) is 2.14. The minimum Gasteiger partial charge on any atom is -0.373 e. The summed E-state index contributed by atoms with van der Waals surface area (Å²) in [5.41, 5.74) is 2.95. The lowest BCUT2D eigenvalue weighted by Crippen LogP contribution is -2.46. The van der Waals surface area contributed by atoms with Gasteiger partial charge in [-0.05, 0) is 44.0 Å². The van der Waals surface area contributed by atoms with Crippen LogP contribution in [-0.4, -0.2) is 37.6 Å². The zero-order valence-corrected chi connectivity index (χ0v) is 10.0. The number of hydrogen-bond donors (Lipinski definition) is 0. The van der Waals surface area contributed by atoms with Crippen LogP contribution in [-0.2, 0) is 6.42 Å². The summed E-state index contributed by atoms with van der Waals surface area (Å²) in [4.78, 5) is 5.09. The highest BCUT2D eigenvalue weighted by Crippen LogP contribution is 2.28. The third-order valence-corrected chi connectivity index (χ3v) is 4.00. The molecule has 1 saturated heterocycles. The molecule has 2 heterocycles. The van der Waals surface area contributed by atoms with Crippen LogP contribution in [0.4, 0.5) is 5.69 Å². The first-order chi connectivity index (χ1) is 7.84. The summed E-state index contributed by atoms with van der Waals surface area (Å²) in [7, 11) is 2.22. The van der Waals surface area contributed by atoms with Crippen LogP contribution >= 0.6 is 0 Å². The molecule has 2 nitrogen and oxygen atoms in total. The molecule has 1 fully saturated rings. The molecule has 0 amide bonds. The number of hydrogen-bond acceptors (Lipinski definition) is 2. The molecule has 0 N–H and O–H groups in total. The molecule has 2 aliphatic rings. The number of fused-ring (bicyclic) bond motifs is 1. The van der Waals surface area contributed by atoms with E-state index in [0.29, 0.717) is 0 Å². The largest absolute Gasteiger partial charge is 0.373 e. The molecule has 0 saturated carbocycles. The molecule has 1 atom stereocenters. The van der Waals surface area contributed by atoms with E-state index in [2.05, 4.69) is 41.1 Å². The van der Waals surface area contributed by atoms with Crippen molar-refractivity contribution in [2.24, 2.45) is 0 Å². The quantitative estimate of drug-likeness (QED) is 0.709. The summed E-state index contributed by atoms with van der Waals surface area (Å²) >= 11 is 0. The Balaban J connectivity index is 1.83. The smallest absolute Gasteiger partial charge is 0.0397 e. The third kappa shape index (κ3) is 1.71. The summed E-state index contributed by atoms with van der Waals surface area (Å²) in [6.45, 7) is 3.80. The summed E-state index contributed by atoms with van der Waals surface area (Å²) in [5.74, 6) is 0. The van der Waals surface area contributed by atoms with Crippen LogP contribution in [0.2, 0.25) is 0 Å². The van der Waals surface area contributed by atoms with Crippen molar-refractivity contribution in [3.05, 3.63) is 29.8 Å². The standard InChI is InChI=1S/C14H20N2/c1-15-11-13(16-8-4-5-9-16)10-12-6-2-3-7-14(12)15/h2-3,6-7,13H,4-5,8-11H2,1H3/t13-/m1/s1. The van der Waals surface area contributed by atoms with Crippen LogP contribution in [0.25, 0.3) is 0 Å². The Morgan fingerprint density at radius 3 is 2.69 bits per heavy atom. The van der Waals surface area contributed by atoms with E-state index < -0.39 is 0 Å². The first kappa shape index (κ1) is 10.2. The fourth-order valence-corrected chi connectivity index (χ4v) is 3.14. The third-order valence-electron chi connectivity index (χ3n) is 4.00. The fourth-order valence-electron chi connectivity index (χ4n) is 3.14. The molecule has 0 spiro atoms. The van der Waals surface area contributed by atoms with Crippen molar-refractivity contribution in [1.82, 2.24) is 4.90 Å². The van der Waals surface area contributed by atoms with Crippen LogP contribution in [0, 0.1) is 0 Å². The van der Waals surface area contributed by atoms with E-state index in [9.17, 15) is 0 Å². The molecule has 2 heteroatoms. The van der Waals surface area contributed by atoms with Gasteiger partial charge in [0.15, 0.2) is 0 Å². The van der Waals surface area contributed by atoms with Crippen molar-refractivity contribution in [2.75, 3.05) is 31.6 Å². The first-order valence-electron chi connectivity index (χ1n) is 6.38. The first-order valence-corrected chi connectivity index (χ1v) is 6.38. The van der Waals surface area contributed by atoms with Gasteiger partial charge in [-0.2, -0.15) is 0 Å². The van der Waals surface area contributed by atoms with E-state index >= 15 is 0 Å². The van der Waals surface area contributed by atoms with Gasteiger partial charge in [0, 0.05) is 25.3 Å². The Labute approximate surface area is 97.9 Å². The molecule has 0 bridgehead atoms. The van der Waals surface area contributed by atoms with Crippen molar-refractivity contribution in [3.8, 4) is 0 Å². The van der Waals surface area contributed by atoms with Gasteiger partial charge in [-0.25, -0.2) is 0 Å². The molecule has 3 rings (SSSR count). The van der Waals surface area contributed by atoms with Gasteiger partial charge in [0.1, 0.15) is 0 Å². The average Bonchev–Trinajstić information content (AvgIpc) is 2.82. The van der Waals surface area contributed by atoms with E-state index in [1.807, 2.05) is 0 Å². The van der Waals surface area contributed by atoms with Gasteiger partial charge in [0.05, 0.1) is 0 Å². The Morgan fingerprint density at radius 1 is 1.12 bits per heavy atom. The molecule has 2 aliphatic heterocycles. The molecule has 86 valence electrons. The van der Waals surface area contributed by atoms with E-state index in [4.69, 9.17) is 0 Å². The molecule has 0 aromatic heterocycles. The lowest BCUT2D eigenvalue weighted by molar-refractivity contribution is 0.239. The van der Waals surface area contributed by atoms with Crippen LogP contribution in [0.5, 0.6) is 0 Å². The van der Waals surface area contributed by atoms with E-state index in [0.717, 1.165) is 6.04 Å². The number of likely N-dealkylation sites (N-methyl/N-ethyl adjacent to an activating group) is 1. The fraction of sp³-hybridized carbons (Fsp3) is 0.571. The average molecular weight is 216 g/mol. The molecule has 1 aromatic carbocycles. The van der Waals surface area contributed by atoms with Gasteiger partial charge in [-0.3, -0.25) is 4.90 Å². The zero-order chi connectivity index (χ0) is 11.0.